The molecule has 1 atom stereocenters. The van der Waals surface area contributed by atoms with Crippen molar-refractivity contribution in [2.24, 2.45) is 7.05 Å². The maximum Gasteiger partial charge on any atom is 0.261 e. The zero-order valence-corrected chi connectivity index (χ0v) is 14.8. The Morgan fingerprint density at radius 2 is 1.96 bits per heavy atom. The van der Waals surface area contributed by atoms with Crippen LogP contribution >= 0.6 is 23.2 Å². The predicted molar refractivity (Wildman–Crippen MR) is 92.9 cm³/mol. The van der Waals surface area contributed by atoms with E-state index in [1.54, 1.807) is 30.1 Å². The average Bonchev–Trinajstić information content (AvgIpc) is 2.55. The molecule has 7 heteroatoms. The molecule has 2 aromatic rings. The van der Waals surface area contributed by atoms with E-state index in [0.29, 0.717) is 29.7 Å². The number of para-hydroxylation sites is 1. The van der Waals surface area contributed by atoms with Crippen LogP contribution in [-0.4, -0.2) is 31.7 Å². The SMILES string of the molecule is CC[C@@H](c1nc2ccccc2c(=O)n1C)N(CC)C(=O)C(Cl)Cl. The Labute approximate surface area is 144 Å². The molecule has 0 aliphatic carbocycles. The van der Waals surface area contributed by atoms with Crippen LogP contribution in [0, 0.1) is 0 Å². The van der Waals surface area contributed by atoms with E-state index in [4.69, 9.17) is 23.2 Å². The van der Waals surface area contributed by atoms with Crippen LogP contribution in [0.25, 0.3) is 10.9 Å². The first-order chi connectivity index (χ1) is 10.9. The minimum absolute atomic E-state index is 0.138. The number of fused-ring (bicyclic) bond motifs is 1. The number of carbonyl (C=O) groups excluding carboxylic acids is 1. The first-order valence-corrected chi connectivity index (χ1v) is 8.33. The van der Waals surface area contributed by atoms with E-state index >= 15 is 0 Å². The van der Waals surface area contributed by atoms with Gasteiger partial charge in [-0.3, -0.25) is 14.2 Å². The summed E-state index contributed by atoms with van der Waals surface area (Å²) in [6, 6.07) is 6.80. The minimum Gasteiger partial charge on any atom is -0.330 e. The van der Waals surface area contributed by atoms with Gasteiger partial charge in [0, 0.05) is 13.6 Å². The second-order valence-corrected chi connectivity index (χ2v) is 6.30. The van der Waals surface area contributed by atoms with Crippen LogP contribution in [0.3, 0.4) is 0 Å². The minimum atomic E-state index is -1.14. The first-order valence-electron chi connectivity index (χ1n) is 7.46. The molecule has 0 spiro atoms. The fourth-order valence-electron chi connectivity index (χ4n) is 2.73. The second-order valence-electron chi connectivity index (χ2n) is 5.20. The largest absolute Gasteiger partial charge is 0.330 e. The summed E-state index contributed by atoms with van der Waals surface area (Å²) in [6.45, 7) is 4.20. The molecular formula is C16H19Cl2N3O2. The van der Waals surface area contributed by atoms with E-state index in [1.165, 1.54) is 4.57 Å². The maximum atomic E-state index is 12.6. The van der Waals surface area contributed by atoms with Gasteiger partial charge in [0.25, 0.3) is 11.5 Å². The number of hydrogen-bond donors (Lipinski definition) is 0. The van der Waals surface area contributed by atoms with Crippen LogP contribution in [0.5, 0.6) is 0 Å². The third-order valence-corrected chi connectivity index (χ3v) is 4.26. The Hall–Kier alpha value is -1.59. The van der Waals surface area contributed by atoms with E-state index < -0.39 is 4.84 Å². The Bertz CT molecular complexity index is 773. The maximum absolute atomic E-state index is 12.6. The molecular weight excluding hydrogens is 337 g/mol. The van der Waals surface area contributed by atoms with E-state index in [-0.39, 0.29) is 17.5 Å². The molecule has 1 aromatic carbocycles. The predicted octanol–water partition coefficient (Wildman–Crippen LogP) is 3.04. The van der Waals surface area contributed by atoms with E-state index in [2.05, 4.69) is 4.98 Å². The van der Waals surface area contributed by atoms with Crippen molar-refractivity contribution in [1.82, 2.24) is 14.5 Å². The monoisotopic (exact) mass is 355 g/mol. The summed E-state index contributed by atoms with van der Waals surface area (Å²) >= 11 is 11.5. The summed E-state index contributed by atoms with van der Waals surface area (Å²) in [5.41, 5.74) is 0.474. The lowest BCUT2D eigenvalue weighted by Crippen LogP contribution is -2.40. The van der Waals surface area contributed by atoms with Gasteiger partial charge in [0.1, 0.15) is 5.82 Å². The summed E-state index contributed by atoms with van der Waals surface area (Å²) in [7, 11) is 1.66. The van der Waals surface area contributed by atoms with Gasteiger partial charge in [0.15, 0.2) is 4.84 Å². The van der Waals surface area contributed by atoms with Crippen LogP contribution < -0.4 is 5.56 Å². The molecule has 1 amide bonds. The number of alkyl halides is 2. The van der Waals surface area contributed by atoms with Crippen molar-refractivity contribution in [2.45, 2.75) is 31.1 Å². The first kappa shape index (κ1) is 17.8. The Morgan fingerprint density at radius 3 is 2.52 bits per heavy atom. The molecule has 23 heavy (non-hydrogen) atoms. The zero-order valence-electron chi connectivity index (χ0n) is 13.3. The van der Waals surface area contributed by atoms with Crippen LogP contribution in [-0.2, 0) is 11.8 Å². The third kappa shape index (κ3) is 3.35. The molecule has 0 bridgehead atoms. The van der Waals surface area contributed by atoms with Crippen molar-refractivity contribution in [3.63, 3.8) is 0 Å². The highest BCUT2D eigenvalue weighted by Gasteiger charge is 2.29. The molecule has 5 nitrogen and oxygen atoms in total. The summed E-state index contributed by atoms with van der Waals surface area (Å²) in [5.74, 6) is 0.144. The number of rotatable bonds is 5. The van der Waals surface area contributed by atoms with Gasteiger partial charge >= 0.3 is 0 Å². The second kappa shape index (κ2) is 7.32. The van der Waals surface area contributed by atoms with E-state index in [9.17, 15) is 9.59 Å². The summed E-state index contributed by atoms with van der Waals surface area (Å²) in [6.07, 6.45) is 0.596. The standard InChI is InChI=1S/C16H19Cl2N3O2/c1-4-12(21(5-2)16(23)13(17)18)14-19-11-9-7-6-8-10(11)15(22)20(14)3/h6-9,12-13H,4-5H2,1-3H3/t12-/m0/s1. The van der Waals surface area contributed by atoms with Crippen molar-refractivity contribution in [1.29, 1.82) is 0 Å². The fourth-order valence-corrected chi connectivity index (χ4v) is 2.98. The van der Waals surface area contributed by atoms with Gasteiger partial charge in [-0.25, -0.2) is 4.98 Å². The third-order valence-electron chi connectivity index (χ3n) is 3.89. The van der Waals surface area contributed by atoms with Crippen molar-refractivity contribution < 1.29 is 4.79 Å². The van der Waals surface area contributed by atoms with Crippen LogP contribution in [0.1, 0.15) is 32.1 Å². The van der Waals surface area contributed by atoms with E-state index in [1.807, 2.05) is 19.9 Å². The average molecular weight is 356 g/mol. The molecule has 2 rings (SSSR count). The van der Waals surface area contributed by atoms with Crippen molar-refractivity contribution >= 4 is 40.0 Å². The summed E-state index contributed by atoms with van der Waals surface area (Å²) in [4.78, 5) is 29.8. The number of aromatic nitrogens is 2. The molecule has 1 heterocycles. The van der Waals surface area contributed by atoms with Gasteiger partial charge in [-0.2, -0.15) is 0 Å². The van der Waals surface area contributed by atoms with Gasteiger partial charge in [-0.1, -0.05) is 42.3 Å². The van der Waals surface area contributed by atoms with Crippen molar-refractivity contribution in [2.75, 3.05) is 6.54 Å². The lowest BCUT2D eigenvalue weighted by molar-refractivity contribution is -0.131. The van der Waals surface area contributed by atoms with Gasteiger partial charge < -0.3 is 4.90 Å². The number of carbonyl (C=O) groups is 1. The normalized spacial score (nSPS) is 12.6. The lowest BCUT2D eigenvalue weighted by Gasteiger charge is -2.31. The molecule has 0 unspecified atom stereocenters. The molecule has 0 radical (unpaired) electrons. The summed E-state index contributed by atoms with van der Waals surface area (Å²) in [5, 5.41) is 0.551. The van der Waals surface area contributed by atoms with Crippen LogP contribution in [0.2, 0.25) is 0 Å². The molecule has 124 valence electrons. The number of amides is 1. The van der Waals surface area contributed by atoms with Crippen molar-refractivity contribution in [3.8, 4) is 0 Å². The molecule has 0 fully saturated rings. The molecule has 0 N–H and O–H groups in total. The van der Waals surface area contributed by atoms with Crippen molar-refractivity contribution in [3.05, 3.63) is 40.4 Å². The topological polar surface area (TPSA) is 55.2 Å². The number of hydrogen-bond acceptors (Lipinski definition) is 3. The Balaban J connectivity index is 2.61. The molecule has 1 aromatic heterocycles. The van der Waals surface area contributed by atoms with Gasteiger partial charge in [0.05, 0.1) is 16.9 Å². The molecule has 0 aliphatic heterocycles. The Kier molecular flexibility index (Phi) is 5.65. The quantitative estimate of drug-likeness (QED) is 0.774. The van der Waals surface area contributed by atoms with Gasteiger partial charge in [-0.05, 0) is 25.5 Å². The highest BCUT2D eigenvalue weighted by molar-refractivity contribution is 6.53. The number of nitrogens with zero attached hydrogens (tertiary/aromatic N) is 3. The molecule has 0 saturated heterocycles. The van der Waals surface area contributed by atoms with Crippen LogP contribution in [0.15, 0.2) is 29.1 Å². The van der Waals surface area contributed by atoms with Crippen LogP contribution in [0.4, 0.5) is 0 Å². The lowest BCUT2D eigenvalue weighted by atomic mass is 10.1. The smallest absolute Gasteiger partial charge is 0.261 e. The fraction of sp³-hybridized carbons (Fsp3) is 0.438. The van der Waals surface area contributed by atoms with Gasteiger partial charge in [-0.15, -0.1) is 0 Å². The number of halogens is 2. The zero-order chi connectivity index (χ0) is 17.1. The highest BCUT2D eigenvalue weighted by atomic mass is 35.5. The number of benzene rings is 1. The summed E-state index contributed by atoms with van der Waals surface area (Å²) < 4.78 is 1.49. The Morgan fingerprint density at radius 1 is 1.30 bits per heavy atom. The van der Waals surface area contributed by atoms with Gasteiger partial charge in [0.2, 0.25) is 0 Å². The van der Waals surface area contributed by atoms with E-state index in [0.717, 1.165) is 0 Å². The molecule has 0 saturated carbocycles. The molecule has 0 aliphatic rings. The highest BCUT2D eigenvalue weighted by Crippen LogP contribution is 2.25.